The quantitative estimate of drug-likeness (QED) is 0.811. The summed E-state index contributed by atoms with van der Waals surface area (Å²) in [5, 5.41) is 0. The summed E-state index contributed by atoms with van der Waals surface area (Å²) in [7, 11) is 0. The first-order chi connectivity index (χ1) is 9.20. The number of benzene rings is 1. The molecular weight excluding hydrogens is 250 g/mol. The second-order valence-corrected chi connectivity index (χ2v) is 6.45. The fourth-order valence-electron chi connectivity index (χ4n) is 2.48. The monoisotopic (exact) mass is 279 g/mol. The van der Waals surface area contributed by atoms with Gasteiger partial charge in [0, 0.05) is 0 Å². The summed E-state index contributed by atoms with van der Waals surface area (Å²) in [6, 6.07) is 4.26. The number of rotatable bonds is 6. The summed E-state index contributed by atoms with van der Waals surface area (Å²) < 4.78 is 11.2. The summed E-state index contributed by atoms with van der Waals surface area (Å²) in [6.07, 6.45) is 0. The van der Waals surface area contributed by atoms with Gasteiger partial charge in [0.25, 0.3) is 0 Å². The molecule has 0 aliphatic rings. The zero-order valence-electron chi connectivity index (χ0n) is 13.7. The van der Waals surface area contributed by atoms with Crippen LogP contribution in [0.1, 0.15) is 49.1 Å². The van der Waals surface area contributed by atoms with E-state index in [2.05, 4.69) is 32.9 Å². The predicted molar refractivity (Wildman–Crippen MR) is 84.1 cm³/mol. The summed E-state index contributed by atoms with van der Waals surface area (Å²) in [4.78, 5) is 0. The van der Waals surface area contributed by atoms with Crippen LogP contribution in [-0.2, 0) is 9.47 Å². The highest BCUT2D eigenvalue weighted by Crippen LogP contribution is 2.22. The normalized spacial score (nSPS) is 13.6. The molecule has 0 saturated carbocycles. The third-order valence-corrected chi connectivity index (χ3v) is 3.17. The first-order valence-corrected chi connectivity index (χ1v) is 7.26. The molecule has 0 aliphatic heterocycles. The Morgan fingerprint density at radius 3 is 2.10 bits per heavy atom. The smallest absolute Gasteiger partial charge is 0.0707 e. The number of ether oxygens (including phenoxy) is 2. The molecule has 0 fully saturated rings. The standard InChI is InChI=1S/C17H29NO2/c1-12-9-13(2)16(14(3)10-12)15(18)11-19-7-8-20-17(4,5)6/h9-10,15H,7-8,11,18H2,1-6H3. The van der Waals surface area contributed by atoms with Gasteiger partial charge in [0.15, 0.2) is 0 Å². The van der Waals surface area contributed by atoms with Crippen LogP contribution in [0, 0.1) is 20.8 Å². The third kappa shape index (κ3) is 5.61. The molecule has 20 heavy (non-hydrogen) atoms. The van der Waals surface area contributed by atoms with Gasteiger partial charge in [-0.2, -0.15) is 0 Å². The number of hydrogen-bond donors (Lipinski definition) is 1. The molecule has 0 bridgehead atoms. The van der Waals surface area contributed by atoms with E-state index in [0.717, 1.165) is 0 Å². The van der Waals surface area contributed by atoms with Gasteiger partial charge in [-0.3, -0.25) is 0 Å². The molecule has 0 radical (unpaired) electrons. The molecule has 1 aromatic carbocycles. The Morgan fingerprint density at radius 1 is 1.05 bits per heavy atom. The van der Waals surface area contributed by atoms with E-state index < -0.39 is 0 Å². The Bertz CT molecular complexity index is 412. The third-order valence-electron chi connectivity index (χ3n) is 3.17. The van der Waals surface area contributed by atoms with Crippen LogP contribution in [0.5, 0.6) is 0 Å². The largest absolute Gasteiger partial charge is 0.377 e. The second-order valence-electron chi connectivity index (χ2n) is 6.45. The molecule has 0 aromatic heterocycles. The van der Waals surface area contributed by atoms with Crippen LogP contribution in [0.2, 0.25) is 0 Å². The molecule has 3 heteroatoms. The van der Waals surface area contributed by atoms with E-state index in [1.807, 2.05) is 20.8 Å². The molecule has 0 saturated heterocycles. The van der Waals surface area contributed by atoms with Crippen LogP contribution in [0.4, 0.5) is 0 Å². The summed E-state index contributed by atoms with van der Waals surface area (Å²) in [6.45, 7) is 14.1. The average molecular weight is 279 g/mol. The van der Waals surface area contributed by atoms with Gasteiger partial charge in [-0.1, -0.05) is 17.7 Å². The van der Waals surface area contributed by atoms with Crippen LogP contribution < -0.4 is 5.73 Å². The van der Waals surface area contributed by atoms with Crippen LogP contribution in [0.3, 0.4) is 0 Å². The fourth-order valence-corrected chi connectivity index (χ4v) is 2.48. The molecule has 1 unspecified atom stereocenters. The van der Waals surface area contributed by atoms with E-state index in [0.29, 0.717) is 19.8 Å². The number of aryl methyl sites for hydroxylation is 3. The lowest BCUT2D eigenvalue weighted by Crippen LogP contribution is -2.24. The topological polar surface area (TPSA) is 44.5 Å². The van der Waals surface area contributed by atoms with E-state index >= 15 is 0 Å². The molecule has 114 valence electrons. The lowest BCUT2D eigenvalue weighted by molar-refractivity contribution is -0.0363. The highest BCUT2D eigenvalue weighted by atomic mass is 16.5. The van der Waals surface area contributed by atoms with Gasteiger partial charge in [-0.05, 0) is 58.2 Å². The van der Waals surface area contributed by atoms with Crippen LogP contribution >= 0.6 is 0 Å². The van der Waals surface area contributed by atoms with Gasteiger partial charge < -0.3 is 15.2 Å². The number of hydrogen-bond acceptors (Lipinski definition) is 3. The average Bonchev–Trinajstić information content (AvgIpc) is 2.25. The molecule has 3 nitrogen and oxygen atoms in total. The van der Waals surface area contributed by atoms with Gasteiger partial charge in [0.05, 0.1) is 31.5 Å². The predicted octanol–water partition coefficient (Wildman–Crippen LogP) is 3.44. The van der Waals surface area contributed by atoms with Crippen LogP contribution in [0.15, 0.2) is 12.1 Å². The molecular formula is C17H29NO2. The fraction of sp³-hybridized carbons (Fsp3) is 0.647. The number of nitrogens with two attached hydrogens (primary N) is 1. The second kappa shape index (κ2) is 7.21. The Kier molecular flexibility index (Phi) is 6.18. The van der Waals surface area contributed by atoms with E-state index in [-0.39, 0.29) is 11.6 Å². The molecule has 1 aromatic rings. The maximum absolute atomic E-state index is 6.25. The molecule has 0 spiro atoms. The van der Waals surface area contributed by atoms with Gasteiger partial charge >= 0.3 is 0 Å². The minimum Gasteiger partial charge on any atom is -0.377 e. The van der Waals surface area contributed by atoms with E-state index in [9.17, 15) is 0 Å². The Balaban J connectivity index is 2.46. The van der Waals surface area contributed by atoms with Crippen LogP contribution in [-0.4, -0.2) is 25.4 Å². The van der Waals surface area contributed by atoms with Gasteiger partial charge in [-0.15, -0.1) is 0 Å². The Morgan fingerprint density at radius 2 is 1.60 bits per heavy atom. The van der Waals surface area contributed by atoms with Crippen molar-refractivity contribution in [3.63, 3.8) is 0 Å². The van der Waals surface area contributed by atoms with Crippen molar-refractivity contribution in [1.82, 2.24) is 0 Å². The lowest BCUT2D eigenvalue weighted by Gasteiger charge is -2.21. The highest BCUT2D eigenvalue weighted by Gasteiger charge is 2.13. The summed E-state index contributed by atoms with van der Waals surface area (Å²) in [5.41, 5.74) is 11.1. The van der Waals surface area contributed by atoms with Crippen molar-refractivity contribution < 1.29 is 9.47 Å². The van der Waals surface area contributed by atoms with E-state index in [1.165, 1.54) is 22.3 Å². The van der Waals surface area contributed by atoms with E-state index in [4.69, 9.17) is 15.2 Å². The first-order valence-electron chi connectivity index (χ1n) is 7.26. The van der Waals surface area contributed by atoms with Crippen molar-refractivity contribution in [3.05, 3.63) is 34.4 Å². The lowest BCUT2D eigenvalue weighted by atomic mass is 9.95. The SMILES string of the molecule is Cc1cc(C)c(C(N)COCCOC(C)(C)C)c(C)c1. The Labute approximate surface area is 123 Å². The van der Waals surface area contributed by atoms with Gasteiger partial charge in [-0.25, -0.2) is 0 Å². The van der Waals surface area contributed by atoms with E-state index in [1.54, 1.807) is 0 Å². The van der Waals surface area contributed by atoms with Crippen molar-refractivity contribution in [1.29, 1.82) is 0 Å². The minimum absolute atomic E-state index is 0.0785. The molecule has 0 amide bonds. The molecule has 1 rings (SSSR count). The molecule has 2 N–H and O–H groups in total. The minimum atomic E-state index is -0.115. The van der Waals surface area contributed by atoms with Crippen LogP contribution in [0.25, 0.3) is 0 Å². The van der Waals surface area contributed by atoms with Crippen molar-refractivity contribution in [2.24, 2.45) is 5.73 Å². The van der Waals surface area contributed by atoms with Crippen molar-refractivity contribution >= 4 is 0 Å². The zero-order chi connectivity index (χ0) is 15.3. The molecule has 0 aliphatic carbocycles. The zero-order valence-corrected chi connectivity index (χ0v) is 13.7. The maximum Gasteiger partial charge on any atom is 0.0707 e. The van der Waals surface area contributed by atoms with Gasteiger partial charge in [0.1, 0.15) is 0 Å². The first kappa shape index (κ1) is 17.2. The van der Waals surface area contributed by atoms with Crippen molar-refractivity contribution in [2.75, 3.05) is 19.8 Å². The molecule has 0 heterocycles. The summed E-state index contributed by atoms with van der Waals surface area (Å²) in [5.74, 6) is 0. The highest BCUT2D eigenvalue weighted by molar-refractivity contribution is 5.39. The molecule has 1 atom stereocenters. The maximum atomic E-state index is 6.25. The van der Waals surface area contributed by atoms with Crippen molar-refractivity contribution in [3.8, 4) is 0 Å². The Hall–Kier alpha value is -0.900. The van der Waals surface area contributed by atoms with Crippen molar-refractivity contribution in [2.45, 2.75) is 53.2 Å². The summed E-state index contributed by atoms with van der Waals surface area (Å²) >= 11 is 0. The van der Waals surface area contributed by atoms with Gasteiger partial charge in [0.2, 0.25) is 0 Å².